The van der Waals surface area contributed by atoms with Crippen LogP contribution in [0.4, 0.5) is 0 Å². The summed E-state index contributed by atoms with van der Waals surface area (Å²) in [5.41, 5.74) is 2.45. The van der Waals surface area contributed by atoms with Crippen LogP contribution < -0.4 is 9.64 Å². The van der Waals surface area contributed by atoms with Crippen molar-refractivity contribution in [1.29, 1.82) is 0 Å². The molecular weight excluding hydrogens is 340 g/mol. The SMILES string of the molecule is C=CCC[C@@H](O)C[NH+](CCOC)Cc1cccn1Cc1cccc(OC)c1. The molecule has 0 saturated heterocycles. The summed E-state index contributed by atoms with van der Waals surface area (Å²) in [6.45, 7) is 7.65. The Bertz CT molecular complexity index is 684. The molecule has 1 aromatic heterocycles. The summed E-state index contributed by atoms with van der Waals surface area (Å²) < 4.78 is 12.9. The van der Waals surface area contributed by atoms with E-state index in [1.807, 2.05) is 18.2 Å². The van der Waals surface area contributed by atoms with Crippen LogP contribution in [0.2, 0.25) is 0 Å². The predicted octanol–water partition coefficient (Wildman–Crippen LogP) is 1.90. The van der Waals surface area contributed by atoms with Gasteiger partial charge >= 0.3 is 0 Å². The van der Waals surface area contributed by atoms with E-state index in [9.17, 15) is 5.11 Å². The number of benzene rings is 1. The maximum absolute atomic E-state index is 10.3. The van der Waals surface area contributed by atoms with Crippen molar-refractivity contribution in [3.8, 4) is 5.75 Å². The molecule has 2 aromatic rings. The summed E-state index contributed by atoms with van der Waals surface area (Å²) in [5, 5.41) is 10.3. The highest BCUT2D eigenvalue weighted by atomic mass is 16.5. The van der Waals surface area contributed by atoms with Crippen LogP contribution in [0.1, 0.15) is 24.1 Å². The van der Waals surface area contributed by atoms with Crippen molar-refractivity contribution in [2.24, 2.45) is 0 Å². The first kappa shape index (κ1) is 21.2. The third kappa shape index (κ3) is 7.21. The molecule has 0 aliphatic heterocycles. The number of quaternary nitrogens is 1. The minimum atomic E-state index is -0.323. The average Bonchev–Trinajstić information content (AvgIpc) is 3.11. The molecule has 0 radical (unpaired) electrons. The third-order valence-corrected chi connectivity index (χ3v) is 4.73. The molecule has 148 valence electrons. The lowest BCUT2D eigenvalue weighted by molar-refractivity contribution is -0.917. The number of aliphatic hydroxyl groups is 1. The first-order chi connectivity index (χ1) is 13.2. The smallest absolute Gasteiger partial charge is 0.119 e. The fourth-order valence-corrected chi connectivity index (χ4v) is 3.24. The van der Waals surface area contributed by atoms with E-state index in [-0.39, 0.29) is 6.10 Å². The first-order valence-corrected chi connectivity index (χ1v) is 9.54. The third-order valence-electron chi connectivity index (χ3n) is 4.73. The lowest BCUT2D eigenvalue weighted by atomic mass is 10.2. The Morgan fingerprint density at radius 3 is 2.85 bits per heavy atom. The number of nitrogens with zero attached hydrogens (tertiary/aromatic N) is 1. The molecule has 5 heteroatoms. The molecule has 0 saturated carbocycles. The second kappa shape index (κ2) is 11.6. The quantitative estimate of drug-likeness (QED) is 0.527. The van der Waals surface area contributed by atoms with Crippen LogP contribution in [0.15, 0.2) is 55.3 Å². The largest absolute Gasteiger partial charge is 0.497 e. The van der Waals surface area contributed by atoms with Gasteiger partial charge in [-0.15, -0.1) is 6.58 Å². The van der Waals surface area contributed by atoms with Crippen molar-refractivity contribution in [2.75, 3.05) is 33.9 Å². The van der Waals surface area contributed by atoms with E-state index in [2.05, 4.69) is 41.6 Å². The maximum atomic E-state index is 10.3. The van der Waals surface area contributed by atoms with Crippen LogP contribution in [0.5, 0.6) is 5.75 Å². The number of hydrogen-bond donors (Lipinski definition) is 2. The number of aliphatic hydroxyl groups excluding tert-OH is 1. The zero-order valence-electron chi connectivity index (χ0n) is 16.6. The minimum Gasteiger partial charge on any atom is -0.497 e. The summed E-state index contributed by atoms with van der Waals surface area (Å²) in [5.74, 6) is 0.874. The van der Waals surface area contributed by atoms with Crippen molar-refractivity contribution in [2.45, 2.75) is 32.0 Å². The predicted molar refractivity (Wildman–Crippen MR) is 108 cm³/mol. The highest BCUT2D eigenvalue weighted by Gasteiger charge is 2.17. The Balaban J connectivity index is 2.04. The number of hydrogen-bond acceptors (Lipinski definition) is 3. The van der Waals surface area contributed by atoms with E-state index in [1.54, 1.807) is 14.2 Å². The summed E-state index contributed by atoms with van der Waals surface area (Å²) in [7, 11) is 3.41. The average molecular weight is 374 g/mol. The van der Waals surface area contributed by atoms with Gasteiger partial charge in [0.15, 0.2) is 0 Å². The van der Waals surface area contributed by atoms with Gasteiger partial charge in [0.2, 0.25) is 0 Å². The van der Waals surface area contributed by atoms with Gasteiger partial charge in [-0.1, -0.05) is 18.2 Å². The van der Waals surface area contributed by atoms with Crippen molar-refractivity contribution in [3.63, 3.8) is 0 Å². The van der Waals surface area contributed by atoms with Crippen LogP contribution in [0.3, 0.4) is 0 Å². The molecule has 2 rings (SSSR count). The monoisotopic (exact) mass is 373 g/mol. The summed E-state index contributed by atoms with van der Waals surface area (Å²) in [6.07, 6.45) is 5.24. The molecule has 2 atom stereocenters. The van der Waals surface area contributed by atoms with Crippen LogP contribution in [-0.4, -0.2) is 49.7 Å². The Kier molecular flexibility index (Phi) is 9.11. The van der Waals surface area contributed by atoms with Crippen LogP contribution in [0.25, 0.3) is 0 Å². The number of aromatic nitrogens is 1. The standard InChI is InChI=1S/C22H32N2O3/c1-4-5-10-21(25)18-23(13-14-26-2)17-20-9-7-12-24(20)16-19-8-6-11-22(15-19)27-3/h4,6-9,11-12,15,21,25H,1,5,10,13-14,16-18H2,2-3H3/p+1/t21-/m1/s1. The van der Waals surface area contributed by atoms with E-state index < -0.39 is 0 Å². The van der Waals surface area contributed by atoms with Crippen LogP contribution >= 0.6 is 0 Å². The normalized spacial score (nSPS) is 13.3. The minimum absolute atomic E-state index is 0.323. The molecule has 0 bridgehead atoms. The van der Waals surface area contributed by atoms with Gasteiger partial charge in [-0.05, 0) is 42.7 Å². The zero-order valence-corrected chi connectivity index (χ0v) is 16.6. The van der Waals surface area contributed by atoms with Gasteiger partial charge in [-0.3, -0.25) is 0 Å². The molecule has 27 heavy (non-hydrogen) atoms. The van der Waals surface area contributed by atoms with Gasteiger partial charge in [0.05, 0.1) is 19.4 Å². The highest BCUT2D eigenvalue weighted by molar-refractivity contribution is 5.29. The van der Waals surface area contributed by atoms with Gasteiger partial charge in [0.25, 0.3) is 0 Å². The zero-order chi connectivity index (χ0) is 19.5. The lowest BCUT2D eigenvalue weighted by Crippen LogP contribution is -3.12. The molecule has 0 fully saturated rings. The molecule has 0 amide bonds. The number of methoxy groups -OCH3 is 2. The van der Waals surface area contributed by atoms with Crippen LogP contribution in [-0.2, 0) is 17.8 Å². The highest BCUT2D eigenvalue weighted by Crippen LogP contribution is 2.14. The number of rotatable bonds is 13. The molecule has 1 heterocycles. The second-order valence-electron chi connectivity index (χ2n) is 6.87. The van der Waals surface area contributed by atoms with Gasteiger partial charge in [0, 0.05) is 19.9 Å². The van der Waals surface area contributed by atoms with Crippen LogP contribution in [0, 0.1) is 0 Å². The van der Waals surface area contributed by atoms with Crippen molar-refractivity contribution < 1.29 is 19.5 Å². The van der Waals surface area contributed by atoms with E-state index in [1.165, 1.54) is 16.2 Å². The molecular formula is C22H33N2O3+. The molecule has 5 nitrogen and oxygen atoms in total. The molecule has 0 aliphatic carbocycles. The van der Waals surface area contributed by atoms with E-state index in [0.717, 1.165) is 38.2 Å². The van der Waals surface area contributed by atoms with Gasteiger partial charge < -0.3 is 24.0 Å². The van der Waals surface area contributed by atoms with E-state index >= 15 is 0 Å². The second-order valence-corrected chi connectivity index (χ2v) is 6.87. The maximum Gasteiger partial charge on any atom is 0.119 e. The van der Waals surface area contributed by atoms with E-state index in [0.29, 0.717) is 13.2 Å². The Morgan fingerprint density at radius 2 is 2.11 bits per heavy atom. The Morgan fingerprint density at radius 1 is 1.26 bits per heavy atom. The van der Waals surface area contributed by atoms with E-state index in [4.69, 9.17) is 9.47 Å². The fraction of sp³-hybridized carbons (Fsp3) is 0.455. The molecule has 0 spiro atoms. The molecule has 1 aromatic carbocycles. The topological polar surface area (TPSA) is 48.1 Å². The lowest BCUT2D eigenvalue weighted by Gasteiger charge is -2.23. The number of ether oxygens (including phenoxy) is 2. The first-order valence-electron chi connectivity index (χ1n) is 9.54. The van der Waals surface area contributed by atoms with Gasteiger partial charge in [-0.25, -0.2) is 0 Å². The number of nitrogens with one attached hydrogen (secondary N) is 1. The summed E-state index contributed by atoms with van der Waals surface area (Å²) in [6, 6.07) is 12.4. The Hall–Kier alpha value is -2.08. The molecule has 0 aliphatic rings. The van der Waals surface area contributed by atoms with Crippen molar-refractivity contribution >= 4 is 0 Å². The van der Waals surface area contributed by atoms with Gasteiger partial charge in [-0.2, -0.15) is 0 Å². The van der Waals surface area contributed by atoms with Crippen molar-refractivity contribution in [3.05, 3.63) is 66.5 Å². The van der Waals surface area contributed by atoms with Gasteiger partial charge in [0.1, 0.15) is 31.5 Å². The molecule has 1 unspecified atom stereocenters. The Labute approximate surface area is 162 Å². The number of allylic oxidation sites excluding steroid dienone is 1. The fourth-order valence-electron chi connectivity index (χ4n) is 3.24. The summed E-state index contributed by atoms with van der Waals surface area (Å²) >= 11 is 0. The summed E-state index contributed by atoms with van der Waals surface area (Å²) in [4.78, 5) is 1.32. The molecule has 2 N–H and O–H groups in total. The van der Waals surface area contributed by atoms with Crippen molar-refractivity contribution in [1.82, 2.24) is 4.57 Å².